The predicted molar refractivity (Wildman–Crippen MR) is 168 cm³/mol. The maximum atomic E-state index is 14.1. The van der Waals surface area contributed by atoms with Crippen LogP contribution in [0.5, 0.6) is 11.5 Å². The molecule has 42 heavy (non-hydrogen) atoms. The zero-order valence-corrected chi connectivity index (χ0v) is 25.1. The van der Waals surface area contributed by atoms with Crippen LogP contribution in [-0.2, 0) is 0 Å². The molecule has 3 aromatic carbocycles. The fourth-order valence-electron chi connectivity index (χ4n) is 5.02. The highest BCUT2D eigenvalue weighted by Gasteiger charge is 2.16. The highest BCUT2D eigenvalue weighted by Crippen LogP contribution is 2.33. The molecule has 0 bridgehead atoms. The monoisotopic (exact) mass is 574 g/mol. The largest absolute Gasteiger partial charge is 0.494 e. The van der Waals surface area contributed by atoms with Crippen LogP contribution in [0.25, 0.3) is 33.5 Å². The van der Waals surface area contributed by atoms with Crippen molar-refractivity contribution in [3.63, 3.8) is 0 Å². The maximum Gasteiger partial charge on any atom is 0.161 e. The second kappa shape index (κ2) is 16.8. The number of nitrogens with zero attached hydrogens (tertiary/aromatic N) is 2. The third-order valence-electron chi connectivity index (χ3n) is 7.50. The minimum Gasteiger partial charge on any atom is -0.494 e. The molecule has 0 saturated carbocycles. The molecule has 0 spiro atoms. The summed E-state index contributed by atoms with van der Waals surface area (Å²) in [6, 6.07) is 17.6. The Balaban J connectivity index is 1.48. The van der Waals surface area contributed by atoms with Gasteiger partial charge in [0.25, 0.3) is 0 Å². The van der Waals surface area contributed by atoms with Crippen molar-refractivity contribution >= 4 is 11.0 Å². The van der Waals surface area contributed by atoms with Gasteiger partial charge >= 0.3 is 0 Å². The van der Waals surface area contributed by atoms with Crippen LogP contribution in [0, 0.1) is 11.6 Å². The van der Waals surface area contributed by atoms with Gasteiger partial charge in [0.05, 0.1) is 35.6 Å². The molecule has 0 fully saturated rings. The van der Waals surface area contributed by atoms with Crippen LogP contribution in [-0.4, -0.2) is 23.2 Å². The van der Waals surface area contributed by atoms with E-state index in [2.05, 4.69) is 13.8 Å². The minimum atomic E-state index is -0.944. The summed E-state index contributed by atoms with van der Waals surface area (Å²) in [7, 11) is 0. The molecule has 0 unspecified atom stereocenters. The first-order chi connectivity index (χ1) is 20.6. The number of ether oxygens (including phenoxy) is 2. The van der Waals surface area contributed by atoms with Gasteiger partial charge in [-0.3, -0.25) is 0 Å². The highest BCUT2D eigenvalue weighted by molar-refractivity contribution is 5.86. The second-order valence-corrected chi connectivity index (χ2v) is 11.0. The lowest BCUT2D eigenvalue weighted by atomic mass is 10.0. The lowest BCUT2D eigenvalue weighted by Gasteiger charge is -2.13. The number of rotatable bonds is 18. The smallest absolute Gasteiger partial charge is 0.161 e. The summed E-state index contributed by atoms with van der Waals surface area (Å²) < 4.78 is 40.0. The van der Waals surface area contributed by atoms with E-state index in [0.29, 0.717) is 35.6 Å². The Bertz CT molecular complexity index is 1270. The van der Waals surface area contributed by atoms with Crippen molar-refractivity contribution in [2.24, 2.45) is 0 Å². The molecule has 0 aliphatic carbocycles. The molecule has 0 aliphatic rings. The van der Waals surface area contributed by atoms with Gasteiger partial charge in [0, 0.05) is 23.3 Å². The van der Waals surface area contributed by atoms with E-state index in [0.717, 1.165) is 47.6 Å². The first kappa shape index (κ1) is 31.4. The van der Waals surface area contributed by atoms with Gasteiger partial charge in [0.15, 0.2) is 11.6 Å². The first-order valence-electron chi connectivity index (χ1n) is 15.7. The highest BCUT2D eigenvalue weighted by atomic mass is 19.2. The first-order valence-corrected chi connectivity index (χ1v) is 15.7. The average molecular weight is 575 g/mol. The van der Waals surface area contributed by atoms with Crippen molar-refractivity contribution in [2.45, 2.75) is 90.9 Å². The molecule has 4 nitrogen and oxygen atoms in total. The summed E-state index contributed by atoms with van der Waals surface area (Å²) in [5, 5.41) is 0. The van der Waals surface area contributed by atoms with E-state index >= 15 is 0 Å². The van der Waals surface area contributed by atoms with E-state index in [9.17, 15) is 8.78 Å². The van der Waals surface area contributed by atoms with E-state index in [-0.39, 0.29) is 0 Å². The van der Waals surface area contributed by atoms with Gasteiger partial charge in [0.2, 0.25) is 0 Å². The molecule has 1 aromatic heterocycles. The summed E-state index contributed by atoms with van der Waals surface area (Å²) >= 11 is 0. The standard InChI is InChI=1S/C36H44F2N2O2/c1-3-5-7-9-11-13-23-41-29-19-15-27(16-20-29)35-36(40-34-26-32(38)31(37)25-33(34)39-35)28-17-21-30(22-18-28)42-24-14-12-10-8-6-4-2/h15-22,25-26H,3-14,23-24H2,1-2H3. The number of fused-ring (bicyclic) bond motifs is 1. The molecule has 224 valence electrons. The predicted octanol–water partition coefficient (Wildman–Crippen LogP) is 10.7. The fourth-order valence-corrected chi connectivity index (χ4v) is 5.02. The third kappa shape index (κ3) is 9.23. The lowest BCUT2D eigenvalue weighted by molar-refractivity contribution is 0.304. The molecule has 0 radical (unpaired) electrons. The average Bonchev–Trinajstić information content (AvgIpc) is 3.01. The van der Waals surface area contributed by atoms with E-state index in [1.165, 1.54) is 64.2 Å². The summed E-state index contributed by atoms with van der Waals surface area (Å²) in [5.41, 5.74) is 3.43. The Labute approximate surface area is 249 Å². The van der Waals surface area contributed by atoms with Crippen LogP contribution in [0.1, 0.15) is 90.9 Å². The van der Waals surface area contributed by atoms with Gasteiger partial charge in [-0.05, 0) is 61.4 Å². The zero-order chi connectivity index (χ0) is 29.6. The Morgan fingerprint density at radius 1 is 0.500 bits per heavy atom. The number of hydrogen-bond acceptors (Lipinski definition) is 4. The van der Waals surface area contributed by atoms with Crippen LogP contribution < -0.4 is 9.47 Å². The summed E-state index contributed by atoms with van der Waals surface area (Å²) in [6.07, 6.45) is 14.6. The Morgan fingerprint density at radius 3 is 1.24 bits per heavy atom. The molecule has 1 heterocycles. The zero-order valence-electron chi connectivity index (χ0n) is 25.1. The van der Waals surface area contributed by atoms with Gasteiger partial charge in [0.1, 0.15) is 11.5 Å². The van der Waals surface area contributed by atoms with Crippen molar-refractivity contribution < 1.29 is 18.3 Å². The quantitative estimate of drug-likeness (QED) is 0.111. The maximum absolute atomic E-state index is 14.1. The molecule has 0 atom stereocenters. The van der Waals surface area contributed by atoms with E-state index in [4.69, 9.17) is 19.4 Å². The molecular formula is C36H44F2N2O2. The van der Waals surface area contributed by atoms with Crippen molar-refractivity contribution in [1.82, 2.24) is 9.97 Å². The van der Waals surface area contributed by atoms with Crippen molar-refractivity contribution in [3.05, 3.63) is 72.3 Å². The second-order valence-electron chi connectivity index (χ2n) is 11.0. The SMILES string of the molecule is CCCCCCCCOc1ccc(-c2nc3cc(F)c(F)cc3nc2-c2ccc(OCCCCCCCC)cc2)cc1. The summed E-state index contributed by atoms with van der Waals surface area (Å²) in [5.74, 6) is -0.299. The number of aromatic nitrogens is 2. The Kier molecular flexibility index (Phi) is 12.6. The van der Waals surface area contributed by atoms with Crippen LogP contribution >= 0.6 is 0 Å². The van der Waals surface area contributed by atoms with Crippen molar-refractivity contribution in [3.8, 4) is 34.0 Å². The van der Waals surface area contributed by atoms with Crippen LogP contribution in [0.2, 0.25) is 0 Å². The molecule has 0 saturated heterocycles. The molecular weight excluding hydrogens is 530 g/mol. The van der Waals surface area contributed by atoms with Crippen LogP contribution in [0.3, 0.4) is 0 Å². The third-order valence-corrected chi connectivity index (χ3v) is 7.50. The molecule has 0 amide bonds. The lowest BCUT2D eigenvalue weighted by Crippen LogP contribution is -1.99. The number of benzene rings is 3. The van der Waals surface area contributed by atoms with Crippen LogP contribution in [0.4, 0.5) is 8.78 Å². The van der Waals surface area contributed by atoms with Crippen molar-refractivity contribution in [1.29, 1.82) is 0 Å². The van der Waals surface area contributed by atoms with Gasteiger partial charge < -0.3 is 9.47 Å². The topological polar surface area (TPSA) is 44.2 Å². The molecule has 0 aliphatic heterocycles. The Morgan fingerprint density at radius 2 is 0.857 bits per heavy atom. The number of hydrogen-bond donors (Lipinski definition) is 0. The van der Waals surface area contributed by atoms with E-state index in [1.54, 1.807) is 0 Å². The number of unbranched alkanes of at least 4 members (excludes halogenated alkanes) is 10. The molecule has 4 rings (SSSR count). The Hall–Kier alpha value is -3.54. The molecule has 4 aromatic rings. The van der Waals surface area contributed by atoms with E-state index in [1.807, 2.05) is 48.5 Å². The van der Waals surface area contributed by atoms with Gasteiger partial charge in [-0.25, -0.2) is 18.7 Å². The van der Waals surface area contributed by atoms with Gasteiger partial charge in [-0.1, -0.05) is 78.1 Å². The van der Waals surface area contributed by atoms with Gasteiger partial charge in [-0.2, -0.15) is 0 Å². The van der Waals surface area contributed by atoms with Crippen molar-refractivity contribution in [2.75, 3.05) is 13.2 Å². The van der Waals surface area contributed by atoms with Crippen LogP contribution in [0.15, 0.2) is 60.7 Å². The minimum absolute atomic E-state index is 0.301. The number of halogens is 2. The fraction of sp³-hybridized carbons (Fsp3) is 0.444. The van der Waals surface area contributed by atoms with Gasteiger partial charge in [-0.15, -0.1) is 0 Å². The summed E-state index contributed by atoms with van der Waals surface area (Å²) in [4.78, 5) is 9.47. The normalized spacial score (nSPS) is 11.2. The molecule has 0 N–H and O–H groups in total. The summed E-state index contributed by atoms with van der Waals surface area (Å²) in [6.45, 7) is 5.82. The van der Waals surface area contributed by atoms with E-state index < -0.39 is 11.6 Å². The molecule has 6 heteroatoms.